The molecule has 0 atom stereocenters. The number of aromatic nitrogens is 2. The minimum atomic E-state index is -0.297. The molecular formula is C20H17ClN4OS. The van der Waals surface area contributed by atoms with E-state index in [1.165, 1.54) is 11.3 Å². The molecule has 3 rings (SSSR count). The van der Waals surface area contributed by atoms with Crippen LogP contribution in [0.1, 0.15) is 16.6 Å². The Morgan fingerprint density at radius 2 is 2.07 bits per heavy atom. The highest BCUT2D eigenvalue weighted by Gasteiger charge is 2.18. The standard InChI is InChI=1S/C20H17ClN4OS/c1-3-12-25(4-2)16-9-7-15(8-10-16)23-19(26)17-18(21)24-20(27-17)14-6-5-11-22-13-14/h3-13H,2H2,1H3,(H,23,26)/b12-3-. The molecule has 0 saturated carbocycles. The smallest absolute Gasteiger partial charge is 0.268 e. The topological polar surface area (TPSA) is 58.1 Å². The summed E-state index contributed by atoms with van der Waals surface area (Å²) >= 11 is 7.40. The molecule has 0 bridgehead atoms. The Morgan fingerprint density at radius 1 is 1.30 bits per heavy atom. The van der Waals surface area contributed by atoms with Crippen LogP contribution in [-0.4, -0.2) is 15.9 Å². The average Bonchev–Trinajstić information content (AvgIpc) is 3.09. The predicted octanol–water partition coefficient (Wildman–Crippen LogP) is 5.59. The summed E-state index contributed by atoms with van der Waals surface area (Å²) in [5, 5.41) is 3.68. The van der Waals surface area contributed by atoms with Crippen molar-refractivity contribution >= 4 is 40.2 Å². The number of rotatable bonds is 6. The number of anilines is 2. The summed E-state index contributed by atoms with van der Waals surface area (Å²) in [7, 11) is 0. The number of thiazole rings is 1. The molecule has 1 N–H and O–H groups in total. The van der Waals surface area contributed by atoms with E-state index in [1.54, 1.807) is 18.6 Å². The van der Waals surface area contributed by atoms with Gasteiger partial charge in [-0.3, -0.25) is 9.78 Å². The van der Waals surface area contributed by atoms with Crippen molar-refractivity contribution in [3.8, 4) is 10.6 Å². The quantitative estimate of drug-likeness (QED) is 0.589. The second-order valence-electron chi connectivity index (χ2n) is 5.45. The molecule has 136 valence electrons. The summed E-state index contributed by atoms with van der Waals surface area (Å²) in [5.41, 5.74) is 2.43. The van der Waals surface area contributed by atoms with E-state index in [0.717, 1.165) is 11.3 Å². The first-order chi connectivity index (χ1) is 13.1. The van der Waals surface area contributed by atoms with Gasteiger partial charge in [0.25, 0.3) is 5.91 Å². The van der Waals surface area contributed by atoms with E-state index in [-0.39, 0.29) is 11.1 Å². The number of nitrogens with zero attached hydrogens (tertiary/aromatic N) is 3. The highest BCUT2D eigenvalue weighted by Crippen LogP contribution is 2.31. The Hall–Kier alpha value is -2.96. The van der Waals surface area contributed by atoms with Crippen LogP contribution in [0.5, 0.6) is 0 Å². The van der Waals surface area contributed by atoms with Crippen molar-refractivity contribution in [2.45, 2.75) is 6.92 Å². The molecule has 0 aliphatic heterocycles. The lowest BCUT2D eigenvalue weighted by atomic mass is 10.2. The van der Waals surface area contributed by atoms with Gasteiger partial charge in [0.1, 0.15) is 9.88 Å². The third-order valence-electron chi connectivity index (χ3n) is 3.63. The zero-order chi connectivity index (χ0) is 19.2. The Kier molecular flexibility index (Phi) is 6.01. The number of pyridine rings is 1. The van der Waals surface area contributed by atoms with Crippen molar-refractivity contribution in [2.75, 3.05) is 10.2 Å². The van der Waals surface area contributed by atoms with Gasteiger partial charge in [0, 0.05) is 41.7 Å². The molecule has 0 aliphatic carbocycles. The molecule has 3 aromatic rings. The number of hydrogen-bond acceptors (Lipinski definition) is 5. The fourth-order valence-corrected chi connectivity index (χ4v) is 3.55. The zero-order valence-electron chi connectivity index (χ0n) is 14.6. The first-order valence-electron chi connectivity index (χ1n) is 8.14. The van der Waals surface area contributed by atoms with Crippen LogP contribution >= 0.6 is 22.9 Å². The third kappa shape index (κ3) is 4.42. The van der Waals surface area contributed by atoms with E-state index in [9.17, 15) is 4.79 Å². The highest BCUT2D eigenvalue weighted by molar-refractivity contribution is 7.17. The van der Waals surface area contributed by atoms with Gasteiger partial charge in [-0.25, -0.2) is 4.98 Å². The van der Waals surface area contributed by atoms with Crippen LogP contribution in [0.4, 0.5) is 11.4 Å². The SMILES string of the molecule is C=CN(/C=C\C)c1ccc(NC(=O)c2sc(-c3cccnc3)nc2Cl)cc1. The van der Waals surface area contributed by atoms with E-state index in [2.05, 4.69) is 21.9 Å². The number of carbonyl (C=O) groups excluding carboxylic acids is 1. The van der Waals surface area contributed by atoms with E-state index in [0.29, 0.717) is 15.6 Å². The van der Waals surface area contributed by atoms with Crippen molar-refractivity contribution in [2.24, 2.45) is 0 Å². The number of amides is 1. The maximum Gasteiger partial charge on any atom is 0.268 e. The maximum atomic E-state index is 12.6. The number of benzene rings is 1. The number of allylic oxidation sites excluding steroid dienone is 1. The van der Waals surface area contributed by atoms with Crippen molar-refractivity contribution in [1.82, 2.24) is 9.97 Å². The van der Waals surface area contributed by atoms with E-state index in [1.807, 2.05) is 60.5 Å². The van der Waals surface area contributed by atoms with Crippen LogP contribution < -0.4 is 10.2 Å². The van der Waals surface area contributed by atoms with Crippen LogP contribution in [0.3, 0.4) is 0 Å². The largest absolute Gasteiger partial charge is 0.325 e. The van der Waals surface area contributed by atoms with Crippen LogP contribution in [0.15, 0.2) is 73.8 Å². The molecule has 1 amide bonds. The second-order valence-corrected chi connectivity index (χ2v) is 6.81. The predicted molar refractivity (Wildman–Crippen MR) is 112 cm³/mol. The van der Waals surface area contributed by atoms with Crippen LogP contribution in [-0.2, 0) is 0 Å². The number of hydrogen-bond donors (Lipinski definition) is 1. The van der Waals surface area contributed by atoms with E-state index >= 15 is 0 Å². The van der Waals surface area contributed by atoms with Gasteiger partial charge < -0.3 is 10.2 Å². The molecule has 0 aliphatic rings. The summed E-state index contributed by atoms with van der Waals surface area (Å²) in [6.07, 6.45) is 8.90. The van der Waals surface area contributed by atoms with E-state index < -0.39 is 0 Å². The minimum absolute atomic E-state index is 0.180. The van der Waals surface area contributed by atoms with Gasteiger partial charge in [-0.1, -0.05) is 24.3 Å². The average molecular weight is 397 g/mol. The molecule has 0 fully saturated rings. The number of halogens is 1. The molecule has 1 aromatic carbocycles. The van der Waals surface area contributed by atoms with Crippen molar-refractivity contribution < 1.29 is 4.79 Å². The summed E-state index contributed by atoms with van der Waals surface area (Å²) in [6.45, 7) is 5.72. The molecule has 7 heteroatoms. The van der Waals surface area contributed by atoms with Crippen LogP contribution in [0, 0.1) is 0 Å². The molecule has 0 radical (unpaired) electrons. The molecule has 0 saturated heterocycles. The zero-order valence-corrected chi connectivity index (χ0v) is 16.2. The lowest BCUT2D eigenvalue weighted by Crippen LogP contribution is -2.11. The Morgan fingerprint density at radius 3 is 2.70 bits per heavy atom. The molecule has 0 unspecified atom stereocenters. The lowest BCUT2D eigenvalue weighted by Gasteiger charge is -2.15. The normalized spacial score (nSPS) is 10.7. The molecule has 27 heavy (non-hydrogen) atoms. The second kappa shape index (κ2) is 8.62. The van der Waals surface area contributed by atoms with E-state index in [4.69, 9.17) is 11.6 Å². The van der Waals surface area contributed by atoms with Gasteiger partial charge >= 0.3 is 0 Å². The van der Waals surface area contributed by atoms with Gasteiger partial charge in [-0.2, -0.15) is 0 Å². The van der Waals surface area contributed by atoms with Gasteiger partial charge in [0.05, 0.1) is 0 Å². The third-order valence-corrected chi connectivity index (χ3v) is 5.12. The fraction of sp³-hybridized carbons (Fsp3) is 0.0500. The van der Waals surface area contributed by atoms with Gasteiger partial charge in [-0.05, 0) is 43.3 Å². The Bertz CT molecular complexity index is 967. The summed E-state index contributed by atoms with van der Waals surface area (Å²) in [6, 6.07) is 11.1. The first kappa shape index (κ1) is 18.8. The highest BCUT2D eigenvalue weighted by atomic mass is 35.5. The monoisotopic (exact) mass is 396 g/mol. The Balaban J connectivity index is 1.76. The van der Waals surface area contributed by atoms with Crippen molar-refractivity contribution in [1.29, 1.82) is 0 Å². The van der Waals surface area contributed by atoms with Gasteiger partial charge in [-0.15, -0.1) is 11.3 Å². The van der Waals surface area contributed by atoms with Crippen LogP contribution in [0.25, 0.3) is 10.6 Å². The van der Waals surface area contributed by atoms with Gasteiger partial charge in [0.15, 0.2) is 5.15 Å². The number of nitrogens with one attached hydrogen (secondary N) is 1. The summed E-state index contributed by atoms with van der Waals surface area (Å²) in [4.78, 5) is 23.2. The molecule has 2 heterocycles. The van der Waals surface area contributed by atoms with Crippen molar-refractivity contribution in [3.63, 3.8) is 0 Å². The Labute approximate surface area is 166 Å². The molecular weight excluding hydrogens is 380 g/mol. The first-order valence-corrected chi connectivity index (χ1v) is 9.33. The summed E-state index contributed by atoms with van der Waals surface area (Å²) in [5.74, 6) is -0.297. The molecule has 2 aromatic heterocycles. The molecule has 5 nitrogen and oxygen atoms in total. The molecule has 0 spiro atoms. The number of carbonyl (C=O) groups is 1. The minimum Gasteiger partial charge on any atom is -0.325 e. The van der Waals surface area contributed by atoms with Crippen molar-refractivity contribution in [3.05, 3.63) is 83.9 Å². The maximum absolute atomic E-state index is 12.6. The lowest BCUT2D eigenvalue weighted by molar-refractivity contribution is 0.103. The van der Waals surface area contributed by atoms with Gasteiger partial charge in [0.2, 0.25) is 0 Å². The summed E-state index contributed by atoms with van der Waals surface area (Å²) < 4.78 is 0. The fourth-order valence-electron chi connectivity index (χ4n) is 2.37. The van der Waals surface area contributed by atoms with Crippen LogP contribution in [0.2, 0.25) is 5.15 Å².